The Kier molecular flexibility index (Phi) is 4.62. The molecule has 18 heavy (non-hydrogen) atoms. The average molecular weight is 254 g/mol. The Morgan fingerprint density at radius 1 is 1.50 bits per heavy atom. The van der Waals surface area contributed by atoms with E-state index in [1.807, 2.05) is 4.90 Å². The molecule has 0 aromatic rings. The Morgan fingerprint density at radius 2 is 2.28 bits per heavy atom. The summed E-state index contributed by atoms with van der Waals surface area (Å²) in [5, 5.41) is 3.35. The van der Waals surface area contributed by atoms with Gasteiger partial charge in [0.1, 0.15) is 0 Å². The fraction of sp³-hybridized carbons (Fsp3) is 0.929. The molecule has 4 nitrogen and oxygen atoms in total. The predicted octanol–water partition coefficient (Wildman–Crippen LogP) is 1.61. The summed E-state index contributed by atoms with van der Waals surface area (Å²) in [5.74, 6) is 1.23. The molecule has 0 spiro atoms. The molecule has 4 heteroatoms. The second-order valence-electron chi connectivity index (χ2n) is 5.65. The van der Waals surface area contributed by atoms with Gasteiger partial charge in [0.2, 0.25) is 5.91 Å². The lowest BCUT2D eigenvalue weighted by molar-refractivity contribution is -0.130. The fourth-order valence-corrected chi connectivity index (χ4v) is 3.04. The van der Waals surface area contributed by atoms with Crippen LogP contribution >= 0.6 is 0 Å². The molecule has 2 aliphatic heterocycles. The molecule has 1 amide bonds. The number of amides is 1. The number of nitrogens with one attached hydrogen (secondary N) is 1. The number of carbonyl (C=O) groups is 1. The topological polar surface area (TPSA) is 41.6 Å². The quantitative estimate of drug-likeness (QED) is 0.810. The summed E-state index contributed by atoms with van der Waals surface area (Å²) in [4.78, 5) is 14.3. The Balaban J connectivity index is 1.89. The molecule has 0 radical (unpaired) electrons. The first kappa shape index (κ1) is 13.8. The van der Waals surface area contributed by atoms with Crippen LogP contribution in [0.3, 0.4) is 0 Å². The molecule has 0 aliphatic carbocycles. The molecule has 4 unspecified atom stereocenters. The van der Waals surface area contributed by atoms with Crippen LogP contribution in [-0.4, -0.2) is 42.8 Å². The van der Waals surface area contributed by atoms with Crippen molar-refractivity contribution >= 4 is 5.91 Å². The largest absolute Gasteiger partial charge is 0.378 e. The highest BCUT2D eigenvalue weighted by molar-refractivity contribution is 5.84. The van der Waals surface area contributed by atoms with Gasteiger partial charge in [-0.1, -0.05) is 27.2 Å². The van der Waals surface area contributed by atoms with Crippen LogP contribution in [0, 0.1) is 11.8 Å². The minimum absolute atomic E-state index is 0.0254. The number of ether oxygens (including phenoxy) is 1. The van der Waals surface area contributed by atoms with Gasteiger partial charge in [0.25, 0.3) is 0 Å². The molecule has 1 N–H and O–H groups in total. The van der Waals surface area contributed by atoms with Gasteiger partial charge in [-0.15, -0.1) is 0 Å². The van der Waals surface area contributed by atoms with E-state index in [9.17, 15) is 4.79 Å². The van der Waals surface area contributed by atoms with Crippen LogP contribution in [0.2, 0.25) is 0 Å². The summed E-state index contributed by atoms with van der Waals surface area (Å²) >= 11 is 0. The summed E-state index contributed by atoms with van der Waals surface area (Å²) in [6, 6.07) is 0.0254. The molecule has 0 saturated carbocycles. The van der Waals surface area contributed by atoms with Gasteiger partial charge in [-0.2, -0.15) is 0 Å². The lowest BCUT2D eigenvalue weighted by Gasteiger charge is -2.24. The van der Waals surface area contributed by atoms with Crippen molar-refractivity contribution in [3.63, 3.8) is 0 Å². The third kappa shape index (κ3) is 2.69. The van der Waals surface area contributed by atoms with E-state index in [0.29, 0.717) is 24.6 Å². The molecular weight excluding hydrogens is 228 g/mol. The first-order valence-electron chi connectivity index (χ1n) is 7.31. The highest BCUT2D eigenvalue weighted by atomic mass is 16.5. The van der Waals surface area contributed by atoms with E-state index in [0.717, 1.165) is 32.4 Å². The van der Waals surface area contributed by atoms with Crippen molar-refractivity contribution < 1.29 is 9.53 Å². The number of hydrogen-bond donors (Lipinski definition) is 1. The predicted molar refractivity (Wildman–Crippen MR) is 71.1 cm³/mol. The van der Waals surface area contributed by atoms with E-state index in [-0.39, 0.29) is 11.9 Å². The molecule has 2 fully saturated rings. The Labute approximate surface area is 110 Å². The number of carbonyl (C=O) groups excluding carboxylic acids is 1. The Morgan fingerprint density at radius 3 is 2.94 bits per heavy atom. The average Bonchev–Trinajstić information content (AvgIpc) is 2.97. The van der Waals surface area contributed by atoms with Gasteiger partial charge in [-0.25, -0.2) is 0 Å². The third-order valence-corrected chi connectivity index (χ3v) is 4.50. The monoisotopic (exact) mass is 254 g/mol. The maximum absolute atomic E-state index is 12.3. The molecule has 2 heterocycles. The van der Waals surface area contributed by atoms with Crippen LogP contribution in [0.15, 0.2) is 0 Å². The fourth-order valence-electron chi connectivity index (χ4n) is 3.04. The number of rotatable bonds is 5. The standard InChI is InChI=1S/C14H26N2O2/c1-4-10(3)13-14(17)16(9-15-13)8-11-6-7-18-12(11)5-2/h10-13,15H,4-9H2,1-3H3. The Hall–Kier alpha value is -0.610. The van der Waals surface area contributed by atoms with E-state index in [1.165, 1.54) is 0 Å². The summed E-state index contributed by atoms with van der Waals surface area (Å²) in [7, 11) is 0. The summed E-state index contributed by atoms with van der Waals surface area (Å²) in [6.45, 7) is 8.87. The lowest BCUT2D eigenvalue weighted by Crippen LogP contribution is -2.38. The summed E-state index contributed by atoms with van der Waals surface area (Å²) in [6.07, 6.45) is 3.53. The maximum atomic E-state index is 12.3. The van der Waals surface area contributed by atoms with E-state index < -0.39 is 0 Å². The zero-order valence-corrected chi connectivity index (χ0v) is 11.8. The van der Waals surface area contributed by atoms with Gasteiger partial charge >= 0.3 is 0 Å². The van der Waals surface area contributed by atoms with Gasteiger partial charge in [0, 0.05) is 19.1 Å². The van der Waals surface area contributed by atoms with E-state index in [4.69, 9.17) is 4.74 Å². The van der Waals surface area contributed by atoms with Gasteiger partial charge in [0.05, 0.1) is 18.8 Å². The van der Waals surface area contributed by atoms with E-state index >= 15 is 0 Å². The minimum atomic E-state index is 0.0254. The van der Waals surface area contributed by atoms with Crippen LogP contribution in [0.25, 0.3) is 0 Å². The minimum Gasteiger partial charge on any atom is -0.378 e. The smallest absolute Gasteiger partial charge is 0.241 e. The normalized spacial score (nSPS) is 34.3. The van der Waals surface area contributed by atoms with Crippen molar-refractivity contribution in [2.45, 2.75) is 52.2 Å². The zero-order chi connectivity index (χ0) is 13.1. The first-order valence-corrected chi connectivity index (χ1v) is 7.31. The zero-order valence-electron chi connectivity index (χ0n) is 11.8. The van der Waals surface area contributed by atoms with Crippen molar-refractivity contribution in [3.05, 3.63) is 0 Å². The maximum Gasteiger partial charge on any atom is 0.241 e. The molecule has 2 rings (SSSR count). The van der Waals surface area contributed by atoms with Gasteiger partial charge in [-0.3, -0.25) is 10.1 Å². The third-order valence-electron chi connectivity index (χ3n) is 4.50. The molecule has 0 bridgehead atoms. The molecule has 4 atom stereocenters. The van der Waals surface area contributed by atoms with Crippen molar-refractivity contribution in [2.24, 2.45) is 11.8 Å². The van der Waals surface area contributed by atoms with Crippen molar-refractivity contribution in [3.8, 4) is 0 Å². The van der Waals surface area contributed by atoms with Crippen molar-refractivity contribution in [2.75, 3.05) is 19.8 Å². The molecule has 0 aromatic heterocycles. The van der Waals surface area contributed by atoms with Gasteiger partial charge in [-0.05, 0) is 18.8 Å². The summed E-state index contributed by atoms with van der Waals surface area (Å²) in [5.41, 5.74) is 0. The Bertz CT molecular complexity index is 296. The van der Waals surface area contributed by atoms with Crippen LogP contribution in [0.1, 0.15) is 40.0 Å². The molecule has 0 aromatic carbocycles. The summed E-state index contributed by atoms with van der Waals surface area (Å²) < 4.78 is 5.70. The van der Waals surface area contributed by atoms with E-state index in [1.54, 1.807) is 0 Å². The molecular formula is C14H26N2O2. The van der Waals surface area contributed by atoms with Crippen LogP contribution in [-0.2, 0) is 9.53 Å². The van der Waals surface area contributed by atoms with Gasteiger partial charge < -0.3 is 9.64 Å². The van der Waals surface area contributed by atoms with Crippen LogP contribution < -0.4 is 5.32 Å². The lowest BCUT2D eigenvalue weighted by atomic mass is 9.97. The second kappa shape index (κ2) is 6.02. The molecule has 2 saturated heterocycles. The van der Waals surface area contributed by atoms with Crippen molar-refractivity contribution in [1.29, 1.82) is 0 Å². The molecule has 2 aliphatic rings. The van der Waals surface area contributed by atoms with Crippen molar-refractivity contribution in [1.82, 2.24) is 10.2 Å². The van der Waals surface area contributed by atoms with Crippen LogP contribution in [0.5, 0.6) is 0 Å². The van der Waals surface area contributed by atoms with Crippen LogP contribution in [0.4, 0.5) is 0 Å². The second-order valence-corrected chi connectivity index (χ2v) is 5.65. The number of hydrogen-bond acceptors (Lipinski definition) is 3. The van der Waals surface area contributed by atoms with E-state index in [2.05, 4.69) is 26.1 Å². The highest BCUT2D eigenvalue weighted by Crippen LogP contribution is 2.26. The van der Waals surface area contributed by atoms with Gasteiger partial charge in [0.15, 0.2) is 0 Å². The number of nitrogens with zero attached hydrogens (tertiary/aromatic N) is 1. The SMILES string of the molecule is CCC(C)C1NCN(CC2CCOC2CC)C1=O. The highest BCUT2D eigenvalue weighted by Gasteiger charge is 2.37. The first-order chi connectivity index (χ1) is 8.67. The molecule has 104 valence electrons.